The quantitative estimate of drug-likeness (QED) is 0.456. The van der Waals surface area contributed by atoms with Gasteiger partial charge in [-0.1, -0.05) is 6.07 Å². The third kappa shape index (κ3) is 3.36. The molecule has 2 heterocycles. The molecule has 2 bridgehead atoms. The largest absolute Gasteiger partial charge is 0.480 e. The Morgan fingerprint density at radius 2 is 2.03 bits per heavy atom. The summed E-state index contributed by atoms with van der Waals surface area (Å²) >= 11 is 0. The van der Waals surface area contributed by atoms with Gasteiger partial charge in [0.1, 0.15) is 11.5 Å². The van der Waals surface area contributed by atoms with Gasteiger partial charge in [-0.3, -0.25) is 19.2 Å². The van der Waals surface area contributed by atoms with E-state index in [0.29, 0.717) is 24.2 Å². The lowest BCUT2D eigenvalue weighted by molar-refractivity contribution is -0.169. The van der Waals surface area contributed by atoms with Gasteiger partial charge in [0.15, 0.2) is 24.3 Å². The number of likely N-dealkylation sites (tertiary alicyclic amines) is 1. The van der Waals surface area contributed by atoms with E-state index >= 15 is 0 Å². The number of rotatable bonds is 7. The Morgan fingerprint density at radius 1 is 1.29 bits per heavy atom. The second-order valence-electron chi connectivity index (χ2n) is 10.0. The first-order valence-electron chi connectivity index (χ1n) is 11.9. The van der Waals surface area contributed by atoms with Gasteiger partial charge in [0.2, 0.25) is 0 Å². The molecule has 0 aromatic heterocycles. The summed E-state index contributed by atoms with van der Waals surface area (Å²) in [5.41, 5.74) is 0.297. The zero-order valence-electron chi connectivity index (χ0n) is 20.0. The average molecular weight is 484 g/mol. The highest BCUT2D eigenvalue weighted by Crippen LogP contribution is 2.64. The van der Waals surface area contributed by atoms with Gasteiger partial charge in [-0.2, -0.15) is 0 Å². The van der Waals surface area contributed by atoms with Gasteiger partial charge in [-0.15, -0.1) is 0 Å². The molecule has 186 valence electrons. The minimum absolute atomic E-state index is 0.144. The molecule has 0 unspecified atom stereocenters. The van der Waals surface area contributed by atoms with Crippen molar-refractivity contribution in [1.82, 2.24) is 4.90 Å². The van der Waals surface area contributed by atoms with Crippen LogP contribution in [0, 0.1) is 0 Å². The second-order valence-corrected chi connectivity index (χ2v) is 10.0. The molecule has 4 aliphatic rings. The maximum atomic E-state index is 12.7. The molecule has 9 heteroatoms. The molecule has 1 fully saturated rings. The Labute approximate surface area is 203 Å². The van der Waals surface area contributed by atoms with Crippen LogP contribution in [0.25, 0.3) is 0 Å². The number of likely N-dealkylation sites (N-methyl/N-ethyl adjacent to an activating group) is 1. The summed E-state index contributed by atoms with van der Waals surface area (Å²) in [6, 6.07) is 3.52. The van der Waals surface area contributed by atoms with Crippen molar-refractivity contribution >= 4 is 24.0 Å². The van der Waals surface area contributed by atoms with Gasteiger partial charge in [0, 0.05) is 18.0 Å². The number of aliphatic hydroxyl groups is 1. The van der Waals surface area contributed by atoms with Crippen molar-refractivity contribution in [2.24, 2.45) is 0 Å². The number of hydrogen-bond acceptors (Lipinski definition) is 9. The van der Waals surface area contributed by atoms with E-state index in [1.807, 2.05) is 13.1 Å². The second kappa shape index (κ2) is 8.27. The minimum atomic E-state index is -1.15. The third-order valence-electron chi connectivity index (χ3n) is 8.18. The van der Waals surface area contributed by atoms with E-state index < -0.39 is 35.2 Å². The molecule has 1 N–H and O–H groups in total. The van der Waals surface area contributed by atoms with Crippen LogP contribution in [0.5, 0.6) is 5.75 Å². The van der Waals surface area contributed by atoms with Crippen molar-refractivity contribution in [2.45, 2.75) is 75.2 Å². The summed E-state index contributed by atoms with van der Waals surface area (Å²) < 4.78 is 17.0. The first-order valence-corrected chi connectivity index (χ1v) is 11.9. The number of carbonyl (C=O) groups excluding carboxylic acids is 4. The Bertz CT molecular complexity index is 1160. The maximum absolute atomic E-state index is 12.7. The van der Waals surface area contributed by atoms with Crippen molar-refractivity contribution in [1.29, 1.82) is 0 Å². The molecular weight excluding hydrogens is 454 g/mol. The molecule has 5 rings (SSSR count). The number of nitrogens with zero attached hydrogens (tertiary/aromatic N) is 1. The molecule has 0 radical (unpaired) electrons. The van der Waals surface area contributed by atoms with Gasteiger partial charge in [0.05, 0.1) is 29.4 Å². The molecule has 2 aliphatic carbocycles. The molecule has 1 aromatic rings. The van der Waals surface area contributed by atoms with Crippen molar-refractivity contribution in [2.75, 3.05) is 13.6 Å². The van der Waals surface area contributed by atoms with E-state index in [1.54, 1.807) is 12.1 Å². The van der Waals surface area contributed by atoms with Gasteiger partial charge < -0.3 is 24.2 Å². The lowest BCUT2D eigenvalue weighted by Crippen LogP contribution is -2.74. The number of hydrogen-bond donors (Lipinski definition) is 1. The zero-order chi connectivity index (χ0) is 25.1. The first kappa shape index (κ1) is 23.7. The Kier molecular flexibility index (Phi) is 5.60. The number of carbonyl (C=O) groups is 4. The van der Waals surface area contributed by atoms with Gasteiger partial charge in [-0.25, -0.2) is 0 Å². The summed E-state index contributed by atoms with van der Waals surface area (Å²) in [4.78, 5) is 49.9. The van der Waals surface area contributed by atoms with E-state index in [0.717, 1.165) is 24.0 Å². The summed E-state index contributed by atoms with van der Waals surface area (Å²) in [6.07, 6.45) is 1.84. The highest BCUT2D eigenvalue weighted by molar-refractivity contribution is 5.85. The number of ether oxygens (including phenoxy) is 3. The normalized spacial score (nSPS) is 30.9. The molecule has 1 spiro atoms. The van der Waals surface area contributed by atoms with E-state index in [-0.39, 0.29) is 36.8 Å². The van der Waals surface area contributed by atoms with Crippen molar-refractivity contribution in [3.05, 3.63) is 40.7 Å². The maximum Gasteiger partial charge on any atom is 0.311 e. The summed E-state index contributed by atoms with van der Waals surface area (Å²) in [5, 5.41) is 12.1. The molecule has 5 atom stereocenters. The Balaban J connectivity index is 1.42. The number of esters is 2. The van der Waals surface area contributed by atoms with E-state index in [2.05, 4.69) is 4.90 Å². The molecule has 1 saturated heterocycles. The number of Topliss-reactive ketones (excluding diaryl/α,β-unsaturated/α-hetero) is 1. The third-order valence-corrected chi connectivity index (χ3v) is 8.18. The fourth-order valence-electron chi connectivity index (χ4n) is 6.29. The van der Waals surface area contributed by atoms with Gasteiger partial charge in [-0.05, 0) is 58.0 Å². The number of benzene rings is 1. The predicted molar refractivity (Wildman–Crippen MR) is 122 cm³/mol. The lowest BCUT2D eigenvalue weighted by atomic mass is 9.50. The molecule has 1 aromatic carbocycles. The first-order chi connectivity index (χ1) is 16.6. The average Bonchev–Trinajstić information content (AvgIpc) is 3.17. The Hall–Kier alpha value is -3.04. The zero-order valence-corrected chi connectivity index (χ0v) is 20.0. The van der Waals surface area contributed by atoms with Crippen LogP contribution in [0.1, 0.15) is 61.0 Å². The van der Waals surface area contributed by atoms with E-state index in [9.17, 15) is 24.3 Å². The van der Waals surface area contributed by atoms with Gasteiger partial charge >= 0.3 is 11.9 Å². The fraction of sp³-hybridized carbons (Fsp3) is 0.538. The van der Waals surface area contributed by atoms with Crippen LogP contribution in [0.3, 0.4) is 0 Å². The van der Waals surface area contributed by atoms with E-state index in [4.69, 9.17) is 14.2 Å². The monoisotopic (exact) mass is 483 g/mol. The molecule has 0 saturated carbocycles. The predicted octanol–water partition coefficient (Wildman–Crippen LogP) is 1.62. The van der Waals surface area contributed by atoms with E-state index in [1.165, 1.54) is 13.8 Å². The van der Waals surface area contributed by atoms with Crippen LogP contribution in [-0.4, -0.2) is 71.5 Å². The number of aldehydes is 1. The van der Waals surface area contributed by atoms with Crippen LogP contribution in [0.2, 0.25) is 0 Å². The molecule has 0 amide bonds. The highest BCUT2D eigenvalue weighted by atomic mass is 16.6. The number of ketones is 1. The SMILES string of the molecule is CC(=O)[C@H](C)OC(=O)CCC(=O)OC1=CC[C@@]2(O)[C@H]3Cc4ccc(C=O)c5c4[C@@]2(CCN3C)[C@H]1O5. The topological polar surface area (TPSA) is 119 Å². The van der Waals surface area contributed by atoms with Crippen LogP contribution < -0.4 is 4.74 Å². The minimum Gasteiger partial charge on any atom is -0.480 e. The standard InChI is InChI=1S/C26H29NO8/c1-14(29)15(2)33-20(30)6-7-21(31)34-18-8-9-26(32)19-12-16-4-5-17(13-28)23-22(16)25(26,24(18)35-23)10-11-27(19)3/h4-5,8,13,15,19,24,32H,6-7,9-12H2,1-3H3/t15-,19+,24-,25-,26+/m0/s1. The summed E-state index contributed by atoms with van der Waals surface area (Å²) in [7, 11) is 2.00. The van der Waals surface area contributed by atoms with Gasteiger partial charge in [0.25, 0.3) is 0 Å². The number of piperidine rings is 1. The smallest absolute Gasteiger partial charge is 0.311 e. The molecular formula is C26H29NO8. The molecule has 35 heavy (non-hydrogen) atoms. The van der Waals surface area contributed by atoms with Crippen LogP contribution in [-0.2, 0) is 35.7 Å². The fourth-order valence-corrected chi connectivity index (χ4v) is 6.29. The lowest BCUT2D eigenvalue weighted by Gasteiger charge is -2.61. The molecule has 2 aliphatic heterocycles. The highest BCUT2D eigenvalue weighted by Gasteiger charge is 2.71. The Morgan fingerprint density at radius 3 is 2.74 bits per heavy atom. The summed E-state index contributed by atoms with van der Waals surface area (Å²) in [6.45, 7) is 3.52. The van der Waals surface area contributed by atoms with Crippen LogP contribution >= 0.6 is 0 Å². The van der Waals surface area contributed by atoms with Crippen molar-refractivity contribution in [3.63, 3.8) is 0 Å². The van der Waals surface area contributed by atoms with Crippen LogP contribution in [0.15, 0.2) is 24.0 Å². The van der Waals surface area contributed by atoms with Crippen molar-refractivity contribution < 1.29 is 38.5 Å². The van der Waals surface area contributed by atoms with Crippen LogP contribution in [0.4, 0.5) is 0 Å². The molecule has 9 nitrogen and oxygen atoms in total. The van der Waals surface area contributed by atoms with Crippen molar-refractivity contribution in [3.8, 4) is 5.75 Å². The summed E-state index contributed by atoms with van der Waals surface area (Å²) in [5.74, 6) is -0.841.